The zero-order valence-corrected chi connectivity index (χ0v) is 7.27. The van der Waals surface area contributed by atoms with Crippen LogP contribution in [-0.4, -0.2) is 5.25 Å². The fourth-order valence-corrected chi connectivity index (χ4v) is 2.89. The van der Waals surface area contributed by atoms with Gasteiger partial charge in [0.25, 0.3) is 0 Å². The van der Waals surface area contributed by atoms with E-state index >= 15 is 0 Å². The molecule has 0 spiro atoms. The molecule has 1 aromatic rings. The summed E-state index contributed by atoms with van der Waals surface area (Å²) in [4.78, 5) is 1.37. The molecule has 1 radical (unpaired) electrons. The van der Waals surface area contributed by atoms with Crippen LogP contribution in [0.2, 0.25) is 0 Å². The van der Waals surface area contributed by atoms with Crippen molar-refractivity contribution in [2.75, 3.05) is 0 Å². The van der Waals surface area contributed by atoms with Crippen LogP contribution in [0, 0.1) is 6.07 Å². The van der Waals surface area contributed by atoms with E-state index in [1.807, 2.05) is 17.8 Å². The molecule has 0 saturated heterocycles. The Morgan fingerprint density at radius 3 is 3.42 bits per heavy atom. The Hall–Kier alpha value is -0.950. The largest absolute Gasteiger partial charge is 0.113 e. The van der Waals surface area contributed by atoms with Crippen molar-refractivity contribution in [1.29, 1.82) is 0 Å². The second-order valence-electron chi connectivity index (χ2n) is 2.95. The van der Waals surface area contributed by atoms with Crippen LogP contribution in [0.4, 0.5) is 0 Å². The molecular weight excluding hydrogens is 164 g/mol. The molecule has 1 aromatic carbocycles. The summed E-state index contributed by atoms with van der Waals surface area (Å²) >= 11 is 1.92. The van der Waals surface area contributed by atoms with Crippen molar-refractivity contribution in [2.24, 2.45) is 0 Å². The van der Waals surface area contributed by atoms with Crippen LogP contribution < -0.4 is 0 Å². The summed E-state index contributed by atoms with van der Waals surface area (Å²) in [6, 6.07) is 9.50. The van der Waals surface area contributed by atoms with Gasteiger partial charge >= 0.3 is 0 Å². The first-order valence-corrected chi connectivity index (χ1v) is 4.89. The van der Waals surface area contributed by atoms with E-state index in [1.165, 1.54) is 16.0 Å². The second kappa shape index (κ2) is 2.27. The van der Waals surface area contributed by atoms with Gasteiger partial charge in [0.2, 0.25) is 0 Å². The van der Waals surface area contributed by atoms with Crippen molar-refractivity contribution in [2.45, 2.75) is 10.1 Å². The van der Waals surface area contributed by atoms with Gasteiger partial charge in [0.15, 0.2) is 0 Å². The first-order chi connectivity index (χ1) is 5.95. The highest BCUT2D eigenvalue weighted by molar-refractivity contribution is 8.01. The Morgan fingerprint density at radius 1 is 1.42 bits per heavy atom. The molecule has 0 amide bonds. The predicted octanol–water partition coefficient (Wildman–Crippen LogP) is 2.91. The molecule has 1 aliphatic carbocycles. The van der Waals surface area contributed by atoms with E-state index in [-0.39, 0.29) is 0 Å². The molecular formula is C11H7S. The molecule has 1 heteroatoms. The molecule has 3 rings (SSSR count). The monoisotopic (exact) mass is 171 g/mol. The Morgan fingerprint density at radius 2 is 2.42 bits per heavy atom. The van der Waals surface area contributed by atoms with Crippen LogP contribution in [0.1, 0.15) is 5.56 Å². The molecule has 0 bridgehead atoms. The third-order valence-electron chi connectivity index (χ3n) is 2.23. The maximum absolute atomic E-state index is 3.29. The summed E-state index contributed by atoms with van der Waals surface area (Å²) in [5, 5.41) is 0.568. The number of allylic oxidation sites excluding steroid dienone is 2. The van der Waals surface area contributed by atoms with Gasteiger partial charge in [-0.2, -0.15) is 0 Å². The molecule has 0 N–H and O–H groups in total. The van der Waals surface area contributed by atoms with E-state index in [1.54, 1.807) is 0 Å². The first kappa shape index (κ1) is 6.55. The van der Waals surface area contributed by atoms with Crippen molar-refractivity contribution in [3.8, 4) is 0 Å². The molecule has 1 aliphatic heterocycles. The molecule has 1 heterocycles. The first-order valence-electron chi connectivity index (χ1n) is 4.01. The minimum absolute atomic E-state index is 0.568. The summed E-state index contributed by atoms with van der Waals surface area (Å²) in [5.74, 6) is 0. The van der Waals surface area contributed by atoms with E-state index in [2.05, 4.69) is 36.4 Å². The van der Waals surface area contributed by atoms with Crippen LogP contribution in [0.3, 0.4) is 0 Å². The third kappa shape index (κ3) is 0.745. The molecule has 0 nitrogen and oxygen atoms in total. The number of thioether (sulfide) groups is 1. The highest BCUT2D eigenvalue weighted by atomic mass is 32.2. The summed E-state index contributed by atoms with van der Waals surface area (Å²) < 4.78 is 0. The van der Waals surface area contributed by atoms with Gasteiger partial charge in [0.1, 0.15) is 0 Å². The van der Waals surface area contributed by atoms with E-state index < -0.39 is 0 Å². The highest BCUT2D eigenvalue weighted by Crippen LogP contribution is 2.46. The summed E-state index contributed by atoms with van der Waals surface area (Å²) in [6.07, 6.45) is 6.57. The molecule has 0 aromatic heterocycles. The highest BCUT2D eigenvalue weighted by Gasteiger charge is 2.26. The molecule has 57 valence electrons. The minimum Gasteiger partial charge on any atom is -0.113 e. The van der Waals surface area contributed by atoms with Crippen LogP contribution in [0.5, 0.6) is 0 Å². The smallest absolute Gasteiger partial charge is 0.0534 e. The van der Waals surface area contributed by atoms with Gasteiger partial charge in [-0.25, -0.2) is 0 Å². The average Bonchev–Trinajstić information content (AvgIpc) is 2.62. The lowest BCUT2D eigenvalue weighted by Crippen LogP contribution is -1.88. The maximum Gasteiger partial charge on any atom is 0.0534 e. The van der Waals surface area contributed by atoms with Crippen LogP contribution >= 0.6 is 11.8 Å². The summed E-state index contributed by atoms with van der Waals surface area (Å²) in [6.45, 7) is 0. The fraction of sp³-hybridized carbons (Fsp3) is 0.0909. The normalized spacial score (nSPS) is 23.7. The van der Waals surface area contributed by atoms with Gasteiger partial charge in [-0.3, -0.25) is 0 Å². The number of benzene rings is 1. The van der Waals surface area contributed by atoms with Gasteiger partial charge in [0, 0.05) is 10.5 Å². The lowest BCUT2D eigenvalue weighted by molar-refractivity contribution is 1.41. The van der Waals surface area contributed by atoms with E-state index in [9.17, 15) is 0 Å². The molecule has 0 fully saturated rings. The Bertz CT molecular complexity index is 388. The van der Waals surface area contributed by atoms with Crippen molar-refractivity contribution < 1.29 is 0 Å². The molecule has 2 aliphatic rings. The molecule has 1 unspecified atom stereocenters. The number of hydrogen-bond acceptors (Lipinski definition) is 1. The predicted molar refractivity (Wildman–Crippen MR) is 52.0 cm³/mol. The van der Waals surface area contributed by atoms with E-state index in [0.717, 1.165) is 0 Å². The second-order valence-corrected chi connectivity index (χ2v) is 4.14. The van der Waals surface area contributed by atoms with Gasteiger partial charge in [-0.05, 0) is 17.7 Å². The SMILES string of the molecule is [c]1cccc2c1C1=CC=CC1S2. The van der Waals surface area contributed by atoms with Gasteiger partial charge in [0.05, 0.1) is 5.25 Å². The van der Waals surface area contributed by atoms with Crippen molar-refractivity contribution >= 4 is 17.3 Å². The summed E-state index contributed by atoms with van der Waals surface area (Å²) in [7, 11) is 0. The Kier molecular flexibility index (Phi) is 1.24. The standard InChI is InChI=1S/C11H7S/c1-2-6-10-8(4-1)9-5-3-7-11(9)12-10/h1-3,5-7,11H. The van der Waals surface area contributed by atoms with Crippen molar-refractivity contribution in [3.63, 3.8) is 0 Å². The minimum atomic E-state index is 0.568. The molecule has 0 saturated carbocycles. The zero-order chi connectivity index (χ0) is 7.97. The Balaban J connectivity index is 2.23. The van der Waals surface area contributed by atoms with Crippen molar-refractivity contribution in [3.05, 3.63) is 48.1 Å². The lowest BCUT2D eigenvalue weighted by Gasteiger charge is -1.97. The Labute approximate surface area is 76.0 Å². The lowest BCUT2D eigenvalue weighted by atomic mass is 10.1. The van der Waals surface area contributed by atoms with Gasteiger partial charge in [-0.15, -0.1) is 11.8 Å². The van der Waals surface area contributed by atoms with Crippen LogP contribution in [-0.2, 0) is 0 Å². The zero-order valence-electron chi connectivity index (χ0n) is 6.45. The topological polar surface area (TPSA) is 0 Å². The molecule has 12 heavy (non-hydrogen) atoms. The fourth-order valence-electron chi connectivity index (χ4n) is 1.67. The molecule has 1 atom stereocenters. The maximum atomic E-state index is 3.29. The number of fused-ring (bicyclic) bond motifs is 3. The average molecular weight is 171 g/mol. The number of hydrogen-bond donors (Lipinski definition) is 0. The van der Waals surface area contributed by atoms with E-state index in [0.29, 0.717) is 5.25 Å². The number of rotatable bonds is 0. The van der Waals surface area contributed by atoms with Crippen LogP contribution in [0.25, 0.3) is 5.57 Å². The van der Waals surface area contributed by atoms with Crippen LogP contribution in [0.15, 0.2) is 41.3 Å². The summed E-state index contributed by atoms with van der Waals surface area (Å²) in [5.41, 5.74) is 2.73. The van der Waals surface area contributed by atoms with Gasteiger partial charge < -0.3 is 0 Å². The van der Waals surface area contributed by atoms with E-state index in [4.69, 9.17) is 0 Å². The van der Waals surface area contributed by atoms with Gasteiger partial charge in [-0.1, -0.05) is 30.4 Å². The quantitative estimate of drug-likeness (QED) is 0.578. The van der Waals surface area contributed by atoms with Crippen molar-refractivity contribution in [1.82, 2.24) is 0 Å². The third-order valence-corrected chi connectivity index (χ3v) is 3.49.